The molecule has 0 amide bonds. The van der Waals surface area contributed by atoms with Crippen molar-refractivity contribution in [2.45, 2.75) is 19.9 Å². The average molecular weight is 240 g/mol. The van der Waals surface area contributed by atoms with Gasteiger partial charge < -0.3 is 5.73 Å². The minimum atomic E-state index is -0.258. The highest BCUT2D eigenvalue weighted by molar-refractivity contribution is 7.80. The van der Waals surface area contributed by atoms with Crippen molar-refractivity contribution < 1.29 is 4.39 Å². The van der Waals surface area contributed by atoms with E-state index >= 15 is 0 Å². The molecule has 4 heteroatoms. The molecule has 0 aliphatic heterocycles. The van der Waals surface area contributed by atoms with Crippen molar-refractivity contribution in [1.29, 1.82) is 0 Å². The number of halogens is 1. The molecule has 0 spiro atoms. The van der Waals surface area contributed by atoms with E-state index in [0.717, 1.165) is 18.7 Å². The Morgan fingerprint density at radius 2 is 2.06 bits per heavy atom. The first-order valence-corrected chi connectivity index (χ1v) is 5.79. The number of hydrogen-bond acceptors (Lipinski definition) is 2. The molecule has 1 aromatic carbocycles. The molecule has 2 nitrogen and oxygen atoms in total. The van der Waals surface area contributed by atoms with Crippen LogP contribution in [0.15, 0.2) is 24.3 Å². The Balaban J connectivity index is 3.06. The van der Waals surface area contributed by atoms with Gasteiger partial charge in [-0.2, -0.15) is 0 Å². The van der Waals surface area contributed by atoms with Crippen molar-refractivity contribution >= 4 is 17.2 Å². The van der Waals surface area contributed by atoms with Gasteiger partial charge in [-0.3, -0.25) is 4.90 Å². The summed E-state index contributed by atoms with van der Waals surface area (Å²) < 4.78 is 13.2. The Bertz CT molecular complexity index is 364. The Morgan fingerprint density at radius 1 is 1.44 bits per heavy atom. The van der Waals surface area contributed by atoms with Crippen LogP contribution in [0, 0.1) is 5.82 Å². The zero-order chi connectivity index (χ0) is 12.1. The van der Waals surface area contributed by atoms with Crippen molar-refractivity contribution in [1.82, 2.24) is 4.90 Å². The van der Waals surface area contributed by atoms with Gasteiger partial charge >= 0.3 is 0 Å². The van der Waals surface area contributed by atoms with Crippen LogP contribution in [-0.2, 0) is 0 Å². The fraction of sp³-hybridized carbons (Fsp3) is 0.417. The summed E-state index contributed by atoms with van der Waals surface area (Å²) in [5.41, 5.74) is 6.55. The summed E-state index contributed by atoms with van der Waals surface area (Å²) >= 11 is 5.06. The molecule has 0 saturated heterocycles. The first-order valence-electron chi connectivity index (χ1n) is 5.39. The predicted molar refractivity (Wildman–Crippen MR) is 68.8 cm³/mol. The van der Waals surface area contributed by atoms with Gasteiger partial charge in [-0.05, 0) is 30.8 Å². The summed E-state index contributed by atoms with van der Waals surface area (Å²) in [7, 11) is 0. The van der Waals surface area contributed by atoms with E-state index < -0.39 is 0 Å². The van der Waals surface area contributed by atoms with Gasteiger partial charge in [0.15, 0.2) is 0 Å². The molecule has 1 unspecified atom stereocenters. The van der Waals surface area contributed by atoms with E-state index in [1.165, 1.54) is 12.1 Å². The number of nitrogens with zero attached hydrogens (tertiary/aromatic N) is 1. The summed E-state index contributed by atoms with van der Waals surface area (Å²) in [6, 6.07) is 6.26. The van der Waals surface area contributed by atoms with Gasteiger partial charge in [0, 0.05) is 0 Å². The van der Waals surface area contributed by atoms with Crippen molar-refractivity contribution in [2.75, 3.05) is 13.1 Å². The van der Waals surface area contributed by atoms with E-state index in [1.807, 2.05) is 19.9 Å². The zero-order valence-corrected chi connectivity index (χ0v) is 10.4. The minimum Gasteiger partial charge on any atom is -0.392 e. The normalized spacial score (nSPS) is 12.8. The highest BCUT2D eigenvalue weighted by Gasteiger charge is 2.20. The van der Waals surface area contributed by atoms with E-state index in [0.29, 0.717) is 4.99 Å². The number of thiocarbonyl (C=S) groups is 1. The molecule has 0 radical (unpaired) electrons. The number of likely N-dealkylation sites (N-methyl/N-ethyl adjacent to an activating group) is 1. The van der Waals surface area contributed by atoms with Gasteiger partial charge in [0.25, 0.3) is 0 Å². The topological polar surface area (TPSA) is 29.3 Å². The molecule has 0 aliphatic rings. The molecule has 0 fully saturated rings. The molecule has 1 atom stereocenters. The summed E-state index contributed by atoms with van der Waals surface area (Å²) in [4.78, 5) is 2.49. The molecule has 0 saturated carbocycles. The lowest BCUT2D eigenvalue weighted by Crippen LogP contribution is -2.36. The summed E-state index contributed by atoms with van der Waals surface area (Å²) in [6.07, 6.45) is 0. The molecule has 0 aromatic heterocycles. The Kier molecular flexibility index (Phi) is 4.83. The smallest absolute Gasteiger partial charge is 0.123 e. The second-order valence-electron chi connectivity index (χ2n) is 3.58. The lowest BCUT2D eigenvalue weighted by molar-refractivity contribution is 0.271. The highest BCUT2D eigenvalue weighted by atomic mass is 32.1. The van der Waals surface area contributed by atoms with Crippen molar-refractivity contribution in [3.8, 4) is 0 Å². The monoisotopic (exact) mass is 240 g/mol. The Labute approximate surface area is 101 Å². The van der Waals surface area contributed by atoms with Crippen molar-refractivity contribution in [2.24, 2.45) is 5.73 Å². The number of hydrogen-bond donors (Lipinski definition) is 1. The maximum atomic E-state index is 13.2. The summed E-state index contributed by atoms with van der Waals surface area (Å²) in [5.74, 6) is -0.258. The molecule has 0 heterocycles. The van der Waals surface area contributed by atoms with Gasteiger partial charge in [0.2, 0.25) is 0 Å². The summed E-state index contributed by atoms with van der Waals surface area (Å²) in [6.45, 7) is 5.73. The van der Waals surface area contributed by atoms with E-state index in [-0.39, 0.29) is 11.9 Å². The molecule has 88 valence electrons. The first kappa shape index (κ1) is 13.1. The first-order chi connectivity index (χ1) is 7.60. The minimum absolute atomic E-state index is 0.180. The average Bonchev–Trinajstić information content (AvgIpc) is 2.24. The lowest BCUT2D eigenvalue weighted by Gasteiger charge is -2.29. The van der Waals surface area contributed by atoms with E-state index in [9.17, 15) is 4.39 Å². The van der Waals surface area contributed by atoms with Crippen LogP contribution in [0.4, 0.5) is 4.39 Å². The lowest BCUT2D eigenvalue weighted by atomic mass is 10.1. The summed E-state index contributed by atoms with van der Waals surface area (Å²) in [5, 5.41) is 0. The van der Waals surface area contributed by atoms with Crippen molar-refractivity contribution in [3.05, 3.63) is 35.6 Å². The van der Waals surface area contributed by atoms with Gasteiger partial charge in [-0.1, -0.05) is 38.2 Å². The third-order valence-corrected chi connectivity index (χ3v) is 2.83. The molecule has 0 bridgehead atoms. The van der Waals surface area contributed by atoms with E-state index in [1.54, 1.807) is 6.07 Å². The third kappa shape index (κ3) is 3.00. The molecule has 0 aliphatic carbocycles. The van der Waals surface area contributed by atoms with Crippen LogP contribution in [0.3, 0.4) is 0 Å². The van der Waals surface area contributed by atoms with E-state index in [4.69, 9.17) is 18.0 Å². The van der Waals surface area contributed by atoms with Crippen LogP contribution in [0.25, 0.3) is 0 Å². The second-order valence-corrected chi connectivity index (χ2v) is 4.05. The van der Waals surface area contributed by atoms with Gasteiger partial charge in [-0.25, -0.2) is 4.39 Å². The standard InChI is InChI=1S/C12H17FN2S/c1-3-15(4-2)11(12(14)16)9-6-5-7-10(13)8-9/h5-8,11H,3-4H2,1-2H3,(H2,14,16). The highest BCUT2D eigenvalue weighted by Crippen LogP contribution is 2.21. The van der Waals surface area contributed by atoms with Gasteiger partial charge in [0.05, 0.1) is 11.0 Å². The largest absolute Gasteiger partial charge is 0.392 e. The van der Waals surface area contributed by atoms with Crippen LogP contribution < -0.4 is 5.73 Å². The maximum absolute atomic E-state index is 13.2. The van der Waals surface area contributed by atoms with Crippen molar-refractivity contribution in [3.63, 3.8) is 0 Å². The molecule has 1 aromatic rings. The molecular weight excluding hydrogens is 223 g/mol. The van der Waals surface area contributed by atoms with Gasteiger partial charge in [0.1, 0.15) is 5.82 Å². The number of benzene rings is 1. The molecule has 16 heavy (non-hydrogen) atoms. The Hall–Kier alpha value is -1.00. The predicted octanol–water partition coefficient (Wildman–Crippen LogP) is 2.49. The van der Waals surface area contributed by atoms with Crippen LogP contribution in [0.2, 0.25) is 0 Å². The molecular formula is C12H17FN2S. The number of rotatable bonds is 5. The zero-order valence-electron chi connectivity index (χ0n) is 9.61. The second kappa shape index (κ2) is 5.92. The molecule has 2 N–H and O–H groups in total. The van der Waals surface area contributed by atoms with Crippen LogP contribution in [0.1, 0.15) is 25.5 Å². The Morgan fingerprint density at radius 3 is 2.50 bits per heavy atom. The SMILES string of the molecule is CCN(CC)C(C(N)=S)c1cccc(F)c1. The van der Waals surface area contributed by atoms with Crippen LogP contribution in [-0.4, -0.2) is 23.0 Å². The number of nitrogens with two attached hydrogens (primary N) is 1. The molecule has 1 rings (SSSR count). The maximum Gasteiger partial charge on any atom is 0.123 e. The van der Waals surface area contributed by atoms with Crippen LogP contribution in [0.5, 0.6) is 0 Å². The fourth-order valence-corrected chi connectivity index (χ4v) is 2.11. The quantitative estimate of drug-likeness (QED) is 0.802. The van der Waals surface area contributed by atoms with E-state index in [2.05, 4.69) is 4.90 Å². The third-order valence-electron chi connectivity index (χ3n) is 2.61. The fourth-order valence-electron chi connectivity index (χ4n) is 1.82. The van der Waals surface area contributed by atoms with Crippen LogP contribution >= 0.6 is 12.2 Å². The van der Waals surface area contributed by atoms with Gasteiger partial charge in [-0.15, -0.1) is 0 Å².